The molecule has 1 aliphatic heterocycles. The van der Waals surface area contributed by atoms with Crippen molar-refractivity contribution in [1.82, 2.24) is 9.21 Å². The van der Waals surface area contributed by atoms with Crippen LogP contribution in [0.15, 0.2) is 35.2 Å². The van der Waals surface area contributed by atoms with Crippen molar-refractivity contribution in [3.05, 3.63) is 64.0 Å². The summed E-state index contributed by atoms with van der Waals surface area (Å²) >= 11 is 0. The van der Waals surface area contributed by atoms with Gasteiger partial charge in [0.1, 0.15) is 5.82 Å². The van der Waals surface area contributed by atoms with E-state index in [4.69, 9.17) is 0 Å². The van der Waals surface area contributed by atoms with E-state index >= 15 is 0 Å². The van der Waals surface area contributed by atoms with E-state index in [2.05, 4.69) is 0 Å². The number of sulfonamides is 1. The molecular weight excluding hydrogens is 391 g/mol. The largest absolute Gasteiger partial charge is 0.340 e. The standard InChI is InChI=1S/C22H27FN2O3S/c1-15-13-16(2)18(4)22(17(15)3)29(27,28)25-11-9-24(10-12-25)21(26)14-19-7-5-6-8-20(19)23/h5-8,13H,9-12,14H2,1-4H3. The highest BCUT2D eigenvalue weighted by Crippen LogP contribution is 2.29. The van der Waals surface area contributed by atoms with Crippen LogP contribution in [0, 0.1) is 33.5 Å². The maximum absolute atomic E-state index is 13.8. The Morgan fingerprint density at radius 1 is 0.966 bits per heavy atom. The number of nitrogens with zero attached hydrogens (tertiary/aromatic N) is 2. The Kier molecular flexibility index (Phi) is 6.10. The Morgan fingerprint density at radius 3 is 2.07 bits per heavy atom. The number of rotatable bonds is 4. The Morgan fingerprint density at radius 2 is 1.52 bits per heavy atom. The first kappa shape index (κ1) is 21.5. The van der Waals surface area contributed by atoms with Gasteiger partial charge < -0.3 is 4.90 Å². The van der Waals surface area contributed by atoms with Crippen molar-refractivity contribution >= 4 is 15.9 Å². The first-order chi connectivity index (χ1) is 13.6. The Balaban J connectivity index is 1.74. The van der Waals surface area contributed by atoms with Crippen molar-refractivity contribution < 1.29 is 17.6 Å². The van der Waals surface area contributed by atoms with Gasteiger partial charge in [-0.15, -0.1) is 0 Å². The number of hydrogen-bond acceptors (Lipinski definition) is 3. The summed E-state index contributed by atoms with van der Waals surface area (Å²) in [7, 11) is -3.65. The second-order valence-corrected chi connectivity index (χ2v) is 9.52. The normalized spacial score (nSPS) is 15.6. The molecule has 0 saturated carbocycles. The molecule has 2 aromatic rings. The van der Waals surface area contributed by atoms with Crippen LogP contribution in [0.2, 0.25) is 0 Å². The minimum absolute atomic E-state index is 0.0191. The van der Waals surface area contributed by atoms with Crippen LogP contribution in [0.1, 0.15) is 27.8 Å². The predicted molar refractivity (Wildman–Crippen MR) is 111 cm³/mol. The minimum Gasteiger partial charge on any atom is -0.340 e. The number of amides is 1. The first-order valence-corrected chi connectivity index (χ1v) is 11.2. The molecule has 7 heteroatoms. The zero-order chi connectivity index (χ0) is 21.3. The van der Waals surface area contributed by atoms with E-state index in [0.717, 1.165) is 22.3 Å². The third kappa shape index (κ3) is 4.21. The lowest BCUT2D eigenvalue weighted by atomic mass is 10.0. The SMILES string of the molecule is Cc1cc(C)c(C)c(S(=O)(=O)N2CCN(C(=O)Cc3ccccc3F)CC2)c1C. The van der Waals surface area contributed by atoms with Gasteiger partial charge in [0.05, 0.1) is 11.3 Å². The van der Waals surface area contributed by atoms with E-state index < -0.39 is 15.8 Å². The quantitative estimate of drug-likeness (QED) is 0.767. The summed E-state index contributed by atoms with van der Waals surface area (Å²) in [5, 5.41) is 0. The summed E-state index contributed by atoms with van der Waals surface area (Å²) in [4.78, 5) is 14.5. The zero-order valence-corrected chi connectivity index (χ0v) is 18.1. The molecule has 1 aliphatic rings. The Bertz CT molecular complexity index is 1020. The molecule has 1 heterocycles. The number of carbonyl (C=O) groups excluding carboxylic acids is 1. The lowest BCUT2D eigenvalue weighted by Crippen LogP contribution is -2.51. The fraction of sp³-hybridized carbons (Fsp3) is 0.409. The van der Waals surface area contributed by atoms with Gasteiger partial charge in [-0.05, 0) is 61.6 Å². The van der Waals surface area contributed by atoms with Gasteiger partial charge in [-0.1, -0.05) is 24.3 Å². The second kappa shape index (κ2) is 8.24. The van der Waals surface area contributed by atoms with E-state index in [-0.39, 0.29) is 25.4 Å². The topological polar surface area (TPSA) is 57.7 Å². The van der Waals surface area contributed by atoms with E-state index in [1.54, 1.807) is 23.1 Å². The number of hydrogen-bond donors (Lipinski definition) is 0. The van der Waals surface area contributed by atoms with Gasteiger partial charge in [0.2, 0.25) is 15.9 Å². The molecular formula is C22H27FN2O3S. The van der Waals surface area contributed by atoms with Gasteiger partial charge in [0.25, 0.3) is 0 Å². The Labute approximate surface area is 172 Å². The molecule has 5 nitrogen and oxygen atoms in total. The van der Waals surface area contributed by atoms with Crippen molar-refractivity contribution in [2.75, 3.05) is 26.2 Å². The van der Waals surface area contributed by atoms with Crippen molar-refractivity contribution in [2.24, 2.45) is 0 Å². The fourth-order valence-corrected chi connectivity index (χ4v) is 5.79. The number of carbonyl (C=O) groups is 1. The average molecular weight is 419 g/mol. The van der Waals surface area contributed by atoms with Gasteiger partial charge in [-0.25, -0.2) is 12.8 Å². The summed E-state index contributed by atoms with van der Waals surface area (Å²) in [6.07, 6.45) is -0.0191. The van der Waals surface area contributed by atoms with E-state index in [9.17, 15) is 17.6 Å². The van der Waals surface area contributed by atoms with E-state index in [1.165, 1.54) is 10.4 Å². The molecule has 2 aromatic carbocycles. The molecule has 0 radical (unpaired) electrons. The number of aryl methyl sites for hydroxylation is 2. The summed E-state index contributed by atoms with van der Waals surface area (Å²) in [5.74, 6) is -0.589. The van der Waals surface area contributed by atoms with Gasteiger partial charge in [0.15, 0.2) is 0 Å². The molecule has 1 saturated heterocycles. The molecule has 1 amide bonds. The molecule has 0 aliphatic carbocycles. The second-order valence-electron chi connectivity index (χ2n) is 7.64. The maximum Gasteiger partial charge on any atom is 0.243 e. The molecule has 0 spiro atoms. The van der Waals surface area contributed by atoms with Crippen LogP contribution < -0.4 is 0 Å². The van der Waals surface area contributed by atoms with Crippen LogP contribution >= 0.6 is 0 Å². The van der Waals surface area contributed by atoms with Crippen molar-refractivity contribution in [3.63, 3.8) is 0 Å². The number of piperazine rings is 1. The fourth-order valence-electron chi connectivity index (χ4n) is 3.79. The lowest BCUT2D eigenvalue weighted by molar-refractivity contribution is -0.131. The maximum atomic E-state index is 13.8. The highest BCUT2D eigenvalue weighted by molar-refractivity contribution is 7.89. The average Bonchev–Trinajstić information content (AvgIpc) is 2.68. The van der Waals surface area contributed by atoms with Crippen LogP contribution in [0.5, 0.6) is 0 Å². The monoisotopic (exact) mass is 418 g/mol. The van der Waals surface area contributed by atoms with Crippen molar-refractivity contribution in [2.45, 2.75) is 39.0 Å². The van der Waals surface area contributed by atoms with Crippen LogP contribution in [0.25, 0.3) is 0 Å². The highest BCUT2D eigenvalue weighted by Gasteiger charge is 2.33. The van der Waals surface area contributed by atoms with Crippen LogP contribution in [-0.2, 0) is 21.2 Å². The van der Waals surface area contributed by atoms with E-state index in [0.29, 0.717) is 23.5 Å². The third-order valence-corrected chi connectivity index (χ3v) is 7.96. The van der Waals surface area contributed by atoms with Crippen LogP contribution in [0.3, 0.4) is 0 Å². The molecule has 3 rings (SSSR count). The highest BCUT2D eigenvalue weighted by atomic mass is 32.2. The van der Waals surface area contributed by atoms with Crippen molar-refractivity contribution in [3.8, 4) is 0 Å². The van der Waals surface area contributed by atoms with Crippen LogP contribution in [-0.4, -0.2) is 49.7 Å². The molecule has 29 heavy (non-hydrogen) atoms. The molecule has 0 bridgehead atoms. The summed E-state index contributed by atoms with van der Waals surface area (Å²) < 4.78 is 41.9. The predicted octanol–water partition coefficient (Wildman–Crippen LogP) is 3.13. The summed E-state index contributed by atoms with van der Waals surface area (Å²) in [5.41, 5.74) is 3.79. The Hall–Kier alpha value is -2.25. The van der Waals surface area contributed by atoms with Gasteiger partial charge in [-0.2, -0.15) is 4.31 Å². The van der Waals surface area contributed by atoms with Crippen molar-refractivity contribution in [1.29, 1.82) is 0 Å². The zero-order valence-electron chi connectivity index (χ0n) is 17.3. The molecule has 0 N–H and O–H groups in total. The molecule has 1 fully saturated rings. The minimum atomic E-state index is -3.65. The number of benzene rings is 2. The summed E-state index contributed by atoms with van der Waals surface area (Å²) in [6.45, 7) is 8.57. The third-order valence-electron chi connectivity index (χ3n) is 5.79. The van der Waals surface area contributed by atoms with Gasteiger partial charge >= 0.3 is 0 Å². The molecule has 0 aromatic heterocycles. The smallest absolute Gasteiger partial charge is 0.243 e. The van der Waals surface area contributed by atoms with Crippen LogP contribution in [0.4, 0.5) is 4.39 Å². The van der Waals surface area contributed by atoms with E-state index in [1.807, 2.05) is 33.8 Å². The molecule has 0 atom stereocenters. The first-order valence-electron chi connectivity index (χ1n) is 9.71. The lowest BCUT2D eigenvalue weighted by Gasteiger charge is -2.35. The van der Waals surface area contributed by atoms with Gasteiger partial charge in [0, 0.05) is 26.2 Å². The molecule has 156 valence electrons. The van der Waals surface area contributed by atoms with Gasteiger partial charge in [-0.3, -0.25) is 4.79 Å². The molecule has 0 unspecified atom stereocenters. The summed E-state index contributed by atoms with van der Waals surface area (Å²) in [6, 6.07) is 8.22. The number of halogens is 1.